The summed E-state index contributed by atoms with van der Waals surface area (Å²) >= 11 is 3.65. The molecule has 0 bridgehead atoms. The Bertz CT molecular complexity index is 1490. The third-order valence-electron chi connectivity index (χ3n) is 5.56. The number of nitrogens with one attached hydrogen (secondary N) is 1. The molecule has 0 saturated carbocycles. The Balaban J connectivity index is 1.54. The summed E-state index contributed by atoms with van der Waals surface area (Å²) in [6.45, 7) is 4.63. The number of aromatic nitrogens is 3. The van der Waals surface area contributed by atoms with Crippen molar-refractivity contribution in [1.29, 1.82) is 0 Å². The molecule has 228 valence electrons. The summed E-state index contributed by atoms with van der Waals surface area (Å²) in [6.07, 6.45) is 4.01. The number of nitrogens with zero attached hydrogens (tertiary/aromatic N) is 5. The van der Waals surface area contributed by atoms with Crippen LogP contribution in [0.4, 0.5) is 9.93 Å². The summed E-state index contributed by atoms with van der Waals surface area (Å²) in [5.41, 5.74) is 6.79. The number of thiazole rings is 1. The van der Waals surface area contributed by atoms with E-state index in [9.17, 15) is 19.2 Å². The van der Waals surface area contributed by atoms with Crippen molar-refractivity contribution in [3.63, 3.8) is 0 Å². The number of fused-ring (bicyclic) bond motifs is 1. The van der Waals surface area contributed by atoms with Crippen LogP contribution in [0.1, 0.15) is 32.2 Å². The van der Waals surface area contributed by atoms with Gasteiger partial charge in [-0.1, -0.05) is 27.9 Å². The molecule has 1 unspecified atom stereocenters. The molecule has 2 aromatic rings. The summed E-state index contributed by atoms with van der Waals surface area (Å²) in [6, 6.07) is -0.990. The van der Waals surface area contributed by atoms with Crippen LogP contribution in [0.5, 0.6) is 0 Å². The van der Waals surface area contributed by atoms with Crippen LogP contribution in [0, 0.1) is 0 Å². The maximum Gasteiger partial charge on any atom is 0.511 e. The van der Waals surface area contributed by atoms with Crippen LogP contribution in [-0.4, -0.2) is 85.8 Å². The Hall–Kier alpha value is -4.29. The van der Waals surface area contributed by atoms with Crippen molar-refractivity contribution in [2.75, 3.05) is 18.6 Å². The number of esters is 1. The van der Waals surface area contributed by atoms with Gasteiger partial charge in [-0.15, -0.1) is 28.2 Å². The average Bonchev–Trinajstić information content (AvgIpc) is 3.63. The Labute approximate surface area is 257 Å². The Morgan fingerprint density at radius 3 is 2.58 bits per heavy atom. The lowest BCUT2D eigenvalue weighted by atomic mass is 10.0. The van der Waals surface area contributed by atoms with E-state index in [0.717, 1.165) is 11.3 Å². The molecule has 0 aliphatic carbocycles. The number of nitrogens with two attached hydrogens (primary N) is 1. The van der Waals surface area contributed by atoms with Gasteiger partial charge in [0.05, 0.1) is 11.8 Å². The lowest BCUT2D eigenvalue weighted by Crippen LogP contribution is -2.71. The zero-order chi connectivity index (χ0) is 31.1. The van der Waals surface area contributed by atoms with Gasteiger partial charge in [0.1, 0.15) is 29.9 Å². The molecule has 2 aliphatic heterocycles. The van der Waals surface area contributed by atoms with E-state index in [1.165, 1.54) is 47.6 Å². The molecule has 0 spiro atoms. The van der Waals surface area contributed by atoms with Crippen molar-refractivity contribution < 1.29 is 38.2 Å². The number of hydrogen-bond donors (Lipinski definition) is 2. The first-order valence-electron chi connectivity index (χ1n) is 12.6. The van der Waals surface area contributed by atoms with E-state index in [0.29, 0.717) is 17.0 Å². The van der Waals surface area contributed by atoms with Gasteiger partial charge in [-0.3, -0.25) is 14.5 Å². The molecule has 18 heteroatoms. The van der Waals surface area contributed by atoms with Crippen molar-refractivity contribution in [3.8, 4) is 0 Å². The molecule has 1 fully saturated rings. The first kappa shape index (κ1) is 31.6. The van der Waals surface area contributed by atoms with Crippen molar-refractivity contribution >= 4 is 75.5 Å². The molecule has 4 heterocycles. The molecule has 0 radical (unpaired) electrons. The quantitative estimate of drug-likeness (QED) is 0.0899. The summed E-state index contributed by atoms with van der Waals surface area (Å²) in [7, 11) is 1.27. The van der Waals surface area contributed by atoms with E-state index in [1.54, 1.807) is 43.5 Å². The SMILES string of the molecule is CO/N=C(\C(=O)N[C@@H]1C(=O)N2C(C(=O)OC(C)OC(=O)OC(C)C)=C(/C=C/C=C/c3csnn3)CS[C@H]12)c1csc(N)n1. The molecule has 15 nitrogen and oxygen atoms in total. The first-order chi connectivity index (χ1) is 20.6. The highest BCUT2D eigenvalue weighted by molar-refractivity contribution is 8.00. The van der Waals surface area contributed by atoms with E-state index in [1.807, 2.05) is 0 Å². The van der Waals surface area contributed by atoms with Crippen LogP contribution in [0.3, 0.4) is 0 Å². The van der Waals surface area contributed by atoms with E-state index in [-0.39, 0.29) is 22.2 Å². The fourth-order valence-electron chi connectivity index (χ4n) is 3.82. The van der Waals surface area contributed by atoms with E-state index >= 15 is 0 Å². The van der Waals surface area contributed by atoms with Crippen molar-refractivity contribution in [2.45, 2.75) is 44.6 Å². The molecule has 2 amide bonds. The van der Waals surface area contributed by atoms with E-state index in [2.05, 4.69) is 25.0 Å². The van der Waals surface area contributed by atoms with E-state index in [4.69, 9.17) is 24.8 Å². The molecule has 1 saturated heterocycles. The standard InChI is InChI=1S/C25H27N7O8S3/c1-12(2)38-25(36)40-13(3)39-23(35)19-14(7-5-6-8-15-10-43-31-29-15)9-41-22-18(21(34)32(19)22)28-20(33)17(30-37-4)16-11-42-24(26)27-16/h5-8,10-13,18,22H,9H2,1-4H3,(H2,26,27)(H,28,33)/b7-5+,8-6+,30-17-/t13?,18-,22-/m1/s1. The third kappa shape index (κ3) is 7.76. The van der Waals surface area contributed by atoms with Crippen LogP contribution in [0.15, 0.2) is 45.4 Å². The van der Waals surface area contributed by atoms with Gasteiger partial charge in [-0.05, 0) is 37.0 Å². The molecule has 2 aliphatic rings. The van der Waals surface area contributed by atoms with Crippen LogP contribution in [-0.2, 0) is 33.4 Å². The van der Waals surface area contributed by atoms with Gasteiger partial charge in [-0.2, -0.15) is 0 Å². The number of ether oxygens (including phenoxy) is 3. The predicted octanol–water partition coefficient (Wildman–Crippen LogP) is 2.30. The highest BCUT2D eigenvalue weighted by atomic mass is 32.2. The lowest BCUT2D eigenvalue weighted by Gasteiger charge is -2.49. The van der Waals surface area contributed by atoms with Crippen molar-refractivity contribution in [1.82, 2.24) is 24.8 Å². The normalized spacial score (nSPS) is 19.3. The minimum absolute atomic E-state index is 0.0510. The van der Waals surface area contributed by atoms with Gasteiger partial charge >= 0.3 is 12.1 Å². The zero-order valence-electron chi connectivity index (χ0n) is 23.3. The van der Waals surface area contributed by atoms with Crippen LogP contribution < -0.4 is 11.1 Å². The molecule has 3 N–H and O–H groups in total. The average molecular weight is 650 g/mol. The van der Waals surface area contributed by atoms with Gasteiger partial charge < -0.3 is 30.1 Å². The van der Waals surface area contributed by atoms with Gasteiger partial charge in [0.15, 0.2) is 10.8 Å². The molecular weight excluding hydrogens is 623 g/mol. The van der Waals surface area contributed by atoms with Crippen LogP contribution in [0.25, 0.3) is 6.08 Å². The number of β-lactam (4-membered cyclic amide) rings is 1. The maximum atomic E-state index is 13.4. The fraction of sp³-hybridized carbons (Fsp3) is 0.360. The number of rotatable bonds is 11. The second-order valence-corrected chi connectivity index (χ2v) is 11.6. The zero-order valence-corrected chi connectivity index (χ0v) is 25.7. The van der Waals surface area contributed by atoms with Gasteiger partial charge in [0.2, 0.25) is 6.29 Å². The highest BCUT2D eigenvalue weighted by Gasteiger charge is 2.54. The molecule has 3 atom stereocenters. The molecule has 2 aromatic heterocycles. The van der Waals surface area contributed by atoms with Crippen LogP contribution >= 0.6 is 34.6 Å². The molecular formula is C25H27N7O8S3. The topological polar surface area (TPSA) is 198 Å². The Kier molecular flexibility index (Phi) is 10.5. The number of hydrogen-bond acceptors (Lipinski definition) is 16. The molecule has 4 rings (SSSR count). The minimum Gasteiger partial charge on any atom is -0.431 e. The van der Waals surface area contributed by atoms with Crippen LogP contribution in [0.2, 0.25) is 0 Å². The summed E-state index contributed by atoms with van der Waals surface area (Å²) in [5.74, 6) is -1.88. The number of allylic oxidation sites excluding steroid dienone is 3. The minimum atomic E-state index is -1.31. The second kappa shape index (κ2) is 14.3. The number of carbonyl (C=O) groups excluding carboxylic acids is 4. The second-order valence-electron chi connectivity index (χ2n) is 8.98. The molecule has 0 aromatic carbocycles. The highest BCUT2D eigenvalue weighted by Crippen LogP contribution is 2.41. The number of thioether (sulfide) groups is 1. The van der Waals surface area contributed by atoms with Crippen molar-refractivity contribution in [2.24, 2.45) is 5.16 Å². The van der Waals surface area contributed by atoms with Gasteiger partial charge in [-0.25, -0.2) is 14.6 Å². The fourth-order valence-corrected chi connectivity index (χ4v) is 6.11. The maximum absolute atomic E-state index is 13.4. The first-order valence-corrected chi connectivity index (χ1v) is 15.4. The van der Waals surface area contributed by atoms with Gasteiger partial charge in [0, 0.05) is 23.4 Å². The third-order valence-corrected chi connectivity index (χ3v) is 8.06. The van der Waals surface area contributed by atoms with Gasteiger partial charge in [0.25, 0.3) is 11.8 Å². The number of anilines is 1. The Morgan fingerprint density at radius 2 is 1.93 bits per heavy atom. The predicted molar refractivity (Wildman–Crippen MR) is 158 cm³/mol. The summed E-state index contributed by atoms with van der Waals surface area (Å²) < 4.78 is 19.1. The lowest BCUT2D eigenvalue weighted by molar-refractivity contribution is -0.169. The number of amides is 2. The Morgan fingerprint density at radius 1 is 1.16 bits per heavy atom. The largest absolute Gasteiger partial charge is 0.511 e. The number of nitrogen functional groups attached to an aromatic ring is 1. The van der Waals surface area contributed by atoms with E-state index < -0.39 is 47.7 Å². The van der Waals surface area contributed by atoms with Crippen molar-refractivity contribution in [3.05, 3.63) is 51.6 Å². The summed E-state index contributed by atoms with van der Waals surface area (Å²) in [5, 5.41) is 13.2. The smallest absolute Gasteiger partial charge is 0.431 e. The summed E-state index contributed by atoms with van der Waals surface area (Å²) in [4.78, 5) is 61.8. The number of carbonyl (C=O) groups is 4. The number of oxime groups is 1. The molecule has 43 heavy (non-hydrogen) atoms. The monoisotopic (exact) mass is 649 g/mol.